The van der Waals surface area contributed by atoms with Crippen molar-refractivity contribution in [3.05, 3.63) is 82.9 Å². The number of benzene rings is 3. The summed E-state index contributed by atoms with van der Waals surface area (Å²) in [5.74, 6) is -0.121. The van der Waals surface area contributed by atoms with Crippen LogP contribution in [0.2, 0.25) is 5.02 Å². The molecule has 1 amide bonds. The van der Waals surface area contributed by atoms with E-state index in [1.165, 1.54) is 0 Å². The zero-order chi connectivity index (χ0) is 19.7. The fourth-order valence-corrected chi connectivity index (χ4v) is 3.64. The van der Waals surface area contributed by atoms with Gasteiger partial charge >= 0.3 is 0 Å². The van der Waals surface area contributed by atoms with Crippen LogP contribution < -0.4 is 5.32 Å². The molecule has 0 radical (unpaired) electrons. The second-order valence-electron chi connectivity index (χ2n) is 6.96. The van der Waals surface area contributed by atoms with E-state index < -0.39 is 0 Å². The number of rotatable bonds is 4. The number of nitrogens with one attached hydrogen (secondary N) is 1. The topological polar surface area (TPSA) is 46.9 Å². The molecule has 4 rings (SSSR count). The van der Waals surface area contributed by atoms with Crippen molar-refractivity contribution in [2.75, 3.05) is 5.32 Å². The Morgan fingerprint density at radius 1 is 1.00 bits per heavy atom. The monoisotopic (exact) mass is 389 g/mol. The fraction of sp³-hybridized carbons (Fsp3) is 0.130. The van der Waals surface area contributed by atoms with E-state index >= 15 is 0 Å². The van der Waals surface area contributed by atoms with Crippen LogP contribution in [0, 0.1) is 13.8 Å². The van der Waals surface area contributed by atoms with Crippen LogP contribution in [0.15, 0.2) is 66.7 Å². The van der Waals surface area contributed by atoms with Crippen LogP contribution in [-0.2, 0) is 11.3 Å². The van der Waals surface area contributed by atoms with Crippen molar-refractivity contribution in [1.29, 1.82) is 0 Å². The van der Waals surface area contributed by atoms with Gasteiger partial charge in [0.1, 0.15) is 12.2 Å². The average Bonchev–Trinajstić information content (AvgIpc) is 2.99. The first-order valence-corrected chi connectivity index (χ1v) is 9.47. The summed E-state index contributed by atoms with van der Waals surface area (Å²) in [5.41, 5.74) is 5.70. The van der Waals surface area contributed by atoms with Gasteiger partial charge in [-0.25, -0.2) is 0 Å². The molecule has 5 heteroatoms. The summed E-state index contributed by atoms with van der Waals surface area (Å²) in [5, 5.41) is 9.26. The van der Waals surface area contributed by atoms with Crippen LogP contribution in [-0.4, -0.2) is 15.7 Å². The van der Waals surface area contributed by atoms with E-state index in [0.717, 1.165) is 39.0 Å². The van der Waals surface area contributed by atoms with Crippen molar-refractivity contribution in [2.45, 2.75) is 20.4 Å². The van der Waals surface area contributed by atoms with E-state index in [2.05, 4.69) is 11.4 Å². The average molecular weight is 390 g/mol. The summed E-state index contributed by atoms with van der Waals surface area (Å²) < 4.78 is 1.73. The third-order valence-corrected chi connectivity index (χ3v) is 4.79. The molecule has 1 aromatic heterocycles. The quantitative estimate of drug-likeness (QED) is 0.493. The number of carbonyl (C=O) groups excluding carboxylic acids is 1. The molecule has 1 N–H and O–H groups in total. The lowest BCUT2D eigenvalue weighted by Crippen LogP contribution is -2.19. The van der Waals surface area contributed by atoms with Gasteiger partial charge in [0.15, 0.2) is 0 Å². The van der Waals surface area contributed by atoms with Gasteiger partial charge in [-0.05, 0) is 55.3 Å². The maximum atomic E-state index is 12.7. The first-order chi connectivity index (χ1) is 13.5. The lowest BCUT2D eigenvalue weighted by Gasteiger charge is -2.08. The maximum absolute atomic E-state index is 12.7. The molecule has 0 aliphatic heterocycles. The van der Waals surface area contributed by atoms with E-state index in [9.17, 15) is 4.79 Å². The molecular weight excluding hydrogens is 370 g/mol. The van der Waals surface area contributed by atoms with Gasteiger partial charge in [0, 0.05) is 21.7 Å². The Labute approximate surface area is 168 Å². The highest BCUT2D eigenvalue weighted by atomic mass is 35.5. The molecule has 0 spiro atoms. The molecule has 0 atom stereocenters. The Balaban J connectivity index is 1.68. The fourth-order valence-electron chi connectivity index (χ4n) is 3.46. The molecule has 0 bridgehead atoms. The highest BCUT2D eigenvalue weighted by Gasteiger charge is 2.15. The summed E-state index contributed by atoms with van der Waals surface area (Å²) >= 11 is 6.21. The number of hydrogen-bond donors (Lipinski definition) is 1. The molecule has 0 aliphatic rings. The van der Waals surface area contributed by atoms with Crippen molar-refractivity contribution in [2.24, 2.45) is 0 Å². The molecule has 0 saturated heterocycles. The summed E-state index contributed by atoms with van der Waals surface area (Å²) in [6, 6.07) is 21.5. The summed E-state index contributed by atoms with van der Waals surface area (Å²) in [4.78, 5) is 12.7. The summed E-state index contributed by atoms with van der Waals surface area (Å²) in [6.07, 6.45) is 0. The first kappa shape index (κ1) is 18.3. The van der Waals surface area contributed by atoms with E-state index in [4.69, 9.17) is 16.7 Å². The van der Waals surface area contributed by atoms with Gasteiger partial charge in [0.25, 0.3) is 0 Å². The minimum atomic E-state index is -0.121. The minimum Gasteiger partial charge on any atom is -0.324 e. The second-order valence-corrected chi connectivity index (χ2v) is 7.39. The number of aromatic nitrogens is 2. The van der Waals surface area contributed by atoms with Crippen molar-refractivity contribution in [3.8, 4) is 11.3 Å². The number of aryl methyl sites for hydroxylation is 2. The number of amides is 1. The summed E-state index contributed by atoms with van der Waals surface area (Å²) in [7, 11) is 0. The van der Waals surface area contributed by atoms with Crippen LogP contribution >= 0.6 is 11.6 Å². The largest absolute Gasteiger partial charge is 0.324 e. The first-order valence-electron chi connectivity index (χ1n) is 9.09. The molecule has 4 nitrogen and oxygen atoms in total. The maximum Gasteiger partial charge on any atom is 0.246 e. The van der Waals surface area contributed by atoms with Gasteiger partial charge in [0.05, 0.1) is 5.52 Å². The third kappa shape index (κ3) is 3.78. The molecule has 140 valence electrons. The van der Waals surface area contributed by atoms with Gasteiger partial charge in [0.2, 0.25) is 5.91 Å². The Morgan fingerprint density at radius 2 is 1.71 bits per heavy atom. The lowest BCUT2D eigenvalue weighted by molar-refractivity contribution is -0.116. The highest BCUT2D eigenvalue weighted by Crippen LogP contribution is 2.30. The van der Waals surface area contributed by atoms with Crippen LogP contribution in [0.5, 0.6) is 0 Å². The Kier molecular flexibility index (Phi) is 4.88. The number of anilines is 1. The molecular formula is C23H20ClN3O. The lowest BCUT2D eigenvalue weighted by atomic mass is 10.1. The number of fused-ring (bicyclic) bond motifs is 1. The predicted octanol–water partition coefficient (Wildman–Crippen LogP) is 5.61. The van der Waals surface area contributed by atoms with E-state index in [0.29, 0.717) is 5.02 Å². The molecule has 3 aromatic carbocycles. The smallest absolute Gasteiger partial charge is 0.246 e. The van der Waals surface area contributed by atoms with E-state index in [1.807, 2.05) is 74.5 Å². The minimum absolute atomic E-state index is 0.121. The Morgan fingerprint density at radius 3 is 2.43 bits per heavy atom. The molecule has 0 unspecified atom stereocenters. The van der Waals surface area contributed by atoms with Crippen molar-refractivity contribution in [3.63, 3.8) is 0 Å². The van der Waals surface area contributed by atoms with Gasteiger partial charge in [-0.15, -0.1) is 0 Å². The normalized spacial score (nSPS) is 11.0. The zero-order valence-electron chi connectivity index (χ0n) is 15.7. The summed E-state index contributed by atoms with van der Waals surface area (Å²) in [6.45, 7) is 4.15. The zero-order valence-corrected chi connectivity index (χ0v) is 16.5. The van der Waals surface area contributed by atoms with Gasteiger partial charge in [-0.2, -0.15) is 5.10 Å². The third-order valence-electron chi connectivity index (χ3n) is 4.56. The van der Waals surface area contributed by atoms with Gasteiger partial charge in [-0.1, -0.05) is 48.0 Å². The molecule has 0 aliphatic carbocycles. The van der Waals surface area contributed by atoms with Crippen LogP contribution in [0.1, 0.15) is 11.1 Å². The predicted molar refractivity (Wildman–Crippen MR) is 115 cm³/mol. The Bertz CT molecular complexity index is 1150. The van der Waals surface area contributed by atoms with Crippen molar-refractivity contribution in [1.82, 2.24) is 9.78 Å². The molecule has 0 saturated carbocycles. The highest BCUT2D eigenvalue weighted by molar-refractivity contribution is 6.31. The van der Waals surface area contributed by atoms with Gasteiger partial charge in [-0.3, -0.25) is 9.48 Å². The number of hydrogen-bond acceptors (Lipinski definition) is 2. The van der Waals surface area contributed by atoms with Crippen LogP contribution in [0.4, 0.5) is 5.69 Å². The molecule has 0 fully saturated rings. The number of nitrogens with zero attached hydrogens (tertiary/aromatic N) is 2. The molecule has 4 aromatic rings. The van der Waals surface area contributed by atoms with Crippen LogP contribution in [0.3, 0.4) is 0 Å². The van der Waals surface area contributed by atoms with E-state index in [1.54, 1.807) is 4.68 Å². The van der Waals surface area contributed by atoms with Crippen molar-refractivity contribution >= 4 is 34.1 Å². The SMILES string of the molecule is Cc1cc(C)cc(NC(=O)Cn2nc(-c3ccccc3)c3cc(Cl)ccc32)c1. The van der Waals surface area contributed by atoms with E-state index in [-0.39, 0.29) is 12.5 Å². The van der Waals surface area contributed by atoms with Gasteiger partial charge < -0.3 is 5.32 Å². The Hall–Kier alpha value is -3.11. The second kappa shape index (κ2) is 7.49. The molecule has 1 heterocycles. The van der Waals surface area contributed by atoms with Crippen molar-refractivity contribution < 1.29 is 4.79 Å². The number of halogens is 1. The van der Waals surface area contributed by atoms with Crippen LogP contribution in [0.25, 0.3) is 22.2 Å². The number of carbonyl (C=O) groups is 1. The molecule has 28 heavy (non-hydrogen) atoms. The standard InChI is InChI=1S/C23H20ClN3O/c1-15-10-16(2)12-19(11-15)25-22(28)14-27-21-9-8-18(24)13-20(21)23(26-27)17-6-4-3-5-7-17/h3-13H,14H2,1-2H3,(H,25,28).